The molecule has 21 heavy (non-hydrogen) atoms. The molecule has 0 unspecified atom stereocenters. The quantitative estimate of drug-likeness (QED) is 0.603. The third kappa shape index (κ3) is 5.14. The van der Waals surface area contributed by atoms with Crippen LogP contribution in [0.3, 0.4) is 0 Å². The van der Waals surface area contributed by atoms with Gasteiger partial charge in [-0.2, -0.15) is 19.0 Å². The molecule has 0 atom stereocenters. The van der Waals surface area contributed by atoms with Crippen LogP contribution in [0.25, 0.3) is 0 Å². The highest BCUT2D eigenvalue weighted by Crippen LogP contribution is 2.13. The van der Waals surface area contributed by atoms with Gasteiger partial charge in [-0.15, -0.1) is 0 Å². The summed E-state index contributed by atoms with van der Waals surface area (Å²) in [5.41, 5.74) is 2.89. The van der Waals surface area contributed by atoms with Crippen LogP contribution >= 0.6 is 0 Å². The molecule has 108 valence electrons. The molecule has 0 amide bonds. The van der Waals surface area contributed by atoms with Crippen LogP contribution in [0.2, 0.25) is 0 Å². The third-order valence-electron chi connectivity index (χ3n) is 2.66. The van der Waals surface area contributed by atoms with Gasteiger partial charge in [0, 0.05) is 0 Å². The first-order valence-corrected chi connectivity index (χ1v) is 6.31. The van der Waals surface area contributed by atoms with Gasteiger partial charge in [0.1, 0.15) is 5.75 Å². The molecule has 0 radical (unpaired) electrons. The lowest BCUT2D eigenvalue weighted by Crippen LogP contribution is -2.01. The first-order chi connectivity index (χ1) is 10.1. The predicted octanol–water partition coefficient (Wildman–Crippen LogP) is 4.05. The lowest BCUT2D eigenvalue weighted by Gasteiger charge is -2.03. The summed E-state index contributed by atoms with van der Waals surface area (Å²) < 4.78 is 28.2. The van der Waals surface area contributed by atoms with E-state index >= 15 is 0 Å². The molecule has 0 aliphatic carbocycles. The minimum Gasteiger partial charge on any atom is -0.435 e. The number of hydrogen-bond donors (Lipinski definition) is 0. The van der Waals surface area contributed by atoms with E-state index in [0.29, 0.717) is 0 Å². The van der Waals surface area contributed by atoms with Gasteiger partial charge in [-0.05, 0) is 42.3 Å². The van der Waals surface area contributed by atoms with Crippen LogP contribution in [0.5, 0.6) is 5.75 Å². The minimum absolute atomic E-state index is 0.116. The molecule has 2 aromatic carbocycles. The topological polar surface area (TPSA) is 34.0 Å². The maximum absolute atomic E-state index is 12.0. The SMILES string of the molecule is Cc1ccc(C=NN=Cc2ccc(OC(F)F)cc2)cc1. The lowest BCUT2D eigenvalue weighted by atomic mass is 10.2. The Balaban J connectivity index is 1.93. The molecule has 0 bridgehead atoms. The lowest BCUT2D eigenvalue weighted by molar-refractivity contribution is -0.0498. The van der Waals surface area contributed by atoms with Crippen molar-refractivity contribution >= 4 is 12.4 Å². The van der Waals surface area contributed by atoms with Crippen molar-refractivity contribution in [2.75, 3.05) is 0 Å². The van der Waals surface area contributed by atoms with E-state index in [0.717, 1.165) is 11.1 Å². The van der Waals surface area contributed by atoms with Crippen LogP contribution in [-0.2, 0) is 0 Å². The molecular weight excluding hydrogens is 274 g/mol. The van der Waals surface area contributed by atoms with E-state index in [9.17, 15) is 8.78 Å². The number of alkyl halides is 2. The highest BCUT2D eigenvalue weighted by Gasteiger charge is 2.02. The normalized spacial score (nSPS) is 11.6. The number of rotatable bonds is 5. The molecule has 0 heterocycles. The fourth-order valence-corrected chi connectivity index (χ4v) is 1.59. The van der Waals surface area contributed by atoms with Crippen molar-refractivity contribution < 1.29 is 13.5 Å². The van der Waals surface area contributed by atoms with E-state index < -0.39 is 6.61 Å². The van der Waals surface area contributed by atoms with Gasteiger partial charge in [0.15, 0.2) is 0 Å². The van der Waals surface area contributed by atoms with Crippen molar-refractivity contribution in [1.82, 2.24) is 0 Å². The molecule has 0 aromatic heterocycles. The van der Waals surface area contributed by atoms with Crippen molar-refractivity contribution in [2.45, 2.75) is 13.5 Å². The number of nitrogens with zero attached hydrogens (tertiary/aromatic N) is 2. The summed E-state index contributed by atoms with van der Waals surface area (Å²) in [5.74, 6) is 0.116. The first kappa shape index (κ1) is 14.8. The van der Waals surface area contributed by atoms with Gasteiger partial charge < -0.3 is 4.74 Å². The number of aryl methyl sites for hydroxylation is 1. The summed E-state index contributed by atoms with van der Waals surface area (Å²) in [4.78, 5) is 0. The Hall–Kier alpha value is -2.56. The number of benzene rings is 2. The number of hydrogen-bond acceptors (Lipinski definition) is 3. The maximum Gasteiger partial charge on any atom is 0.387 e. The number of ether oxygens (including phenoxy) is 1. The molecule has 2 aromatic rings. The molecule has 0 aliphatic heterocycles. The summed E-state index contributed by atoms with van der Waals surface area (Å²) in [6.07, 6.45) is 3.18. The van der Waals surface area contributed by atoms with Gasteiger partial charge in [0.2, 0.25) is 0 Å². The first-order valence-electron chi connectivity index (χ1n) is 6.31. The van der Waals surface area contributed by atoms with E-state index in [1.54, 1.807) is 18.3 Å². The molecule has 0 saturated heterocycles. The van der Waals surface area contributed by atoms with Crippen molar-refractivity contribution in [2.24, 2.45) is 10.2 Å². The Morgan fingerprint density at radius 2 is 1.33 bits per heavy atom. The largest absolute Gasteiger partial charge is 0.435 e. The van der Waals surface area contributed by atoms with Crippen molar-refractivity contribution in [3.05, 3.63) is 65.2 Å². The highest BCUT2D eigenvalue weighted by atomic mass is 19.3. The van der Waals surface area contributed by atoms with Gasteiger partial charge in [0.25, 0.3) is 0 Å². The number of halogens is 2. The third-order valence-corrected chi connectivity index (χ3v) is 2.66. The molecule has 0 saturated carbocycles. The zero-order valence-corrected chi connectivity index (χ0v) is 11.4. The molecule has 0 aliphatic rings. The Morgan fingerprint density at radius 1 is 0.857 bits per heavy atom. The second kappa shape index (κ2) is 7.28. The van der Waals surface area contributed by atoms with Crippen LogP contribution in [0, 0.1) is 6.92 Å². The van der Waals surface area contributed by atoms with Crippen molar-refractivity contribution in [3.8, 4) is 5.75 Å². The maximum atomic E-state index is 12.0. The Morgan fingerprint density at radius 3 is 1.81 bits per heavy atom. The molecule has 0 fully saturated rings. The van der Waals surface area contributed by atoms with Gasteiger partial charge in [-0.1, -0.05) is 29.8 Å². The van der Waals surface area contributed by atoms with Crippen LogP contribution in [0.1, 0.15) is 16.7 Å². The smallest absolute Gasteiger partial charge is 0.387 e. The fourth-order valence-electron chi connectivity index (χ4n) is 1.59. The van der Waals surface area contributed by atoms with Crippen molar-refractivity contribution in [3.63, 3.8) is 0 Å². The zero-order chi connectivity index (χ0) is 15.1. The molecule has 5 heteroatoms. The van der Waals surface area contributed by atoms with E-state index in [4.69, 9.17) is 0 Å². The summed E-state index contributed by atoms with van der Waals surface area (Å²) in [7, 11) is 0. The second-order valence-corrected chi connectivity index (χ2v) is 4.35. The van der Waals surface area contributed by atoms with Crippen LogP contribution in [0.15, 0.2) is 58.7 Å². The molecule has 3 nitrogen and oxygen atoms in total. The molecule has 2 rings (SSSR count). The summed E-state index contributed by atoms with van der Waals surface area (Å²) in [6.45, 7) is -0.802. The standard InChI is InChI=1S/C16H14F2N2O/c1-12-2-4-13(5-3-12)10-19-20-11-14-6-8-15(9-7-14)21-16(17)18/h2-11,16H,1H3. The van der Waals surface area contributed by atoms with Gasteiger partial charge in [-0.25, -0.2) is 0 Å². The minimum atomic E-state index is -2.82. The van der Waals surface area contributed by atoms with Gasteiger partial charge in [0.05, 0.1) is 12.4 Å². The summed E-state index contributed by atoms with van der Waals surface area (Å²) in [6, 6.07) is 14.1. The van der Waals surface area contributed by atoms with E-state index in [1.807, 2.05) is 31.2 Å². The molecule has 0 spiro atoms. The Labute approximate surface area is 121 Å². The fraction of sp³-hybridized carbons (Fsp3) is 0.125. The average molecular weight is 288 g/mol. The molecule has 0 N–H and O–H groups in total. The van der Waals surface area contributed by atoms with E-state index in [-0.39, 0.29) is 5.75 Å². The highest BCUT2D eigenvalue weighted by molar-refractivity contribution is 5.82. The summed E-state index contributed by atoms with van der Waals surface area (Å²) >= 11 is 0. The molecular formula is C16H14F2N2O. The van der Waals surface area contributed by atoms with Crippen LogP contribution in [-0.4, -0.2) is 19.0 Å². The van der Waals surface area contributed by atoms with Crippen molar-refractivity contribution in [1.29, 1.82) is 0 Å². The average Bonchev–Trinajstić information content (AvgIpc) is 2.46. The van der Waals surface area contributed by atoms with Gasteiger partial charge >= 0.3 is 6.61 Å². The van der Waals surface area contributed by atoms with E-state index in [1.165, 1.54) is 23.9 Å². The van der Waals surface area contributed by atoms with Crippen LogP contribution in [0.4, 0.5) is 8.78 Å². The summed E-state index contributed by atoms with van der Waals surface area (Å²) in [5, 5.41) is 7.84. The van der Waals surface area contributed by atoms with Crippen LogP contribution < -0.4 is 4.74 Å². The predicted molar refractivity (Wildman–Crippen MR) is 79.4 cm³/mol. The van der Waals surface area contributed by atoms with Gasteiger partial charge in [-0.3, -0.25) is 0 Å². The zero-order valence-electron chi connectivity index (χ0n) is 11.4. The Bertz CT molecular complexity index is 620. The second-order valence-electron chi connectivity index (χ2n) is 4.35. The monoisotopic (exact) mass is 288 g/mol. The van der Waals surface area contributed by atoms with E-state index in [2.05, 4.69) is 14.9 Å². The Kier molecular flexibility index (Phi) is 5.15.